The van der Waals surface area contributed by atoms with Gasteiger partial charge in [0.25, 0.3) is 0 Å². The number of nitrogens with zero attached hydrogens (tertiary/aromatic N) is 2. The van der Waals surface area contributed by atoms with Crippen molar-refractivity contribution in [2.75, 3.05) is 7.05 Å². The lowest BCUT2D eigenvalue weighted by molar-refractivity contribution is -0.125. The minimum atomic E-state index is -0.754. The fourth-order valence-electron chi connectivity index (χ4n) is 3.61. The summed E-state index contributed by atoms with van der Waals surface area (Å²) in [7, 11) is 1.63. The summed E-state index contributed by atoms with van der Waals surface area (Å²) in [6, 6.07) is 4.64. The van der Waals surface area contributed by atoms with Gasteiger partial charge in [-0.1, -0.05) is 0 Å². The Morgan fingerprint density at radius 1 is 1.00 bits per heavy atom. The molecule has 2 saturated carbocycles. The Balaban J connectivity index is 1.94. The molecule has 7 nitrogen and oxygen atoms in total. The van der Waals surface area contributed by atoms with Gasteiger partial charge < -0.3 is 10.1 Å². The minimum Gasteiger partial charge on any atom is -0.359 e. The van der Waals surface area contributed by atoms with Crippen LogP contribution < -0.4 is 16.2 Å². The highest BCUT2D eigenvalue weighted by molar-refractivity contribution is 5.78. The number of nitriles is 2. The maximum absolute atomic E-state index is 11.7. The van der Waals surface area contributed by atoms with Gasteiger partial charge in [0.05, 0.1) is 12.1 Å². The van der Waals surface area contributed by atoms with E-state index in [1.165, 1.54) is 0 Å². The van der Waals surface area contributed by atoms with E-state index in [2.05, 4.69) is 28.3 Å². The average molecular weight is 331 g/mol. The van der Waals surface area contributed by atoms with Gasteiger partial charge in [0.1, 0.15) is 17.4 Å². The van der Waals surface area contributed by atoms with E-state index in [-0.39, 0.29) is 17.7 Å². The third-order valence-electron chi connectivity index (χ3n) is 5.50. The van der Waals surface area contributed by atoms with Crippen molar-refractivity contribution in [1.29, 1.82) is 10.5 Å². The summed E-state index contributed by atoms with van der Waals surface area (Å²) >= 11 is 0. The topological polar surface area (TPSA) is 118 Å². The molecule has 24 heavy (non-hydrogen) atoms. The van der Waals surface area contributed by atoms with Crippen LogP contribution in [0.25, 0.3) is 0 Å². The van der Waals surface area contributed by atoms with Crippen molar-refractivity contribution in [3.63, 3.8) is 0 Å². The van der Waals surface area contributed by atoms with Gasteiger partial charge in [0.2, 0.25) is 5.91 Å². The second-order valence-corrected chi connectivity index (χ2v) is 7.00. The molecular formula is C17H25N5O2. The normalized spacial score (nSPS) is 36.1. The zero-order valence-electron chi connectivity index (χ0n) is 14.1. The van der Waals surface area contributed by atoms with Crippen LogP contribution in [0.5, 0.6) is 0 Å². The SMILES string of the molecule is CNC(=O)C1CCC(C#N)(NNC2(C#N)CCC(C=O)CC2)CC1. The van der Waals surface area contributed by atoms with Crippen LogP contribution in [0, 0.1) is 34.5 Å². The Morgan fingerprint density at radius 3 is 1.83 bits per heavy atom. The summed E-state index contributed by atoms with van der Waals surface area (Å²) in [6.07, 6.45) is 5.92. The number of hydrogen-bond acceptors (Lipinski definition) is 6. The second kappa shape index (κ2) is 7.74. The van der Waals surface area contributed by atoms with E-state index in [0.29, 0.717) is 51.4 Å². The van der Waals surface area contributed by atoms with Crippen LogP contribution in [0.2, 0.25) is 0 Å². The first-order valence-electron chi connectivity index (χ1n) is 8.56. The number of rotatable bonds is 5. The van der Waals surface area contributed by atoms with E-state index >= 15 is 0 Å². The van der Waals surface area contributed by atoms with Crippen LogP contribution in [0.1, 0.15) is 51.4 Å². The third-order valence-corrected chi connectivity index (χ3v) is 5.50. The molecule has 130 valence electrons. The molecule has 1 amide bonds. The van der Waals surface area contributed by atoms with E-state index in [4.69, 9.17) is 0 Å². The first-order valence-corrected chi connectivity index (χ1v) is 8.56. The summed E-state index contributed by atoms with van der Waals surface area (Å²) in [5, 5.41) is 21.8. The van der Waals surface area contributed by atoms with Gasteiger partial charge in [0, 0.05) is 18.9 Å². The lowest BCUT2D eigenvalue weighted by Crippen LogP contribution is -2.62. The van der Waals surface area contributed by atoms with Gasteiger partial charge in [-0.2, -0.15) is 10.5 Å². The van der Waals surface area contributed by atoms with Crippen LogP contribution in [0.3, 0.4) is 0 Å². The highest BCUT2D eigenvalue weighted by atomic mass is 16.1. The molecule has 0 spiro atoms. The molecule has 0 saturated heterocycles. The number of carbonyl (C=O) groups is 2. The number of carbonyl (C=O) groups excluding carboxylic acids is 2. The Kier molecular flexibility index (Phi) is 5.93. The molecule has 0 unspecified atom stereocenters. The average Bonchev–Trinajstić information content (AvgIpc) is 2.66. The second-order valence-electron chi connectivity index (χ2n) is 7.00. The molecule has 0 aromatic heterocycles. The number of hydrazine groups is 1. The molecule has 7 heteroatoms. The Labute approximate surface area is 142 Å². The lowest BCUT2D eigenvalue weighted by atomic mass is 9.76. The van der Waals surface area contributed by atoms with Crippen molar-refractivity contribution < 1.29 is 9.59 Å². The van der Waals surface area contributed by atoms with Crippen LogP contribution >= 0.6 is 0 Å². The number of aldehydes is 1. The quantitative estimate of drug-likeness (QED) is 0.509. The largest absolute Gasteiger partial charge is 0.359 e. The highest BCUT2D eigenvalue weighted by Crippen LogP contribution is 2.34. The van der Waals surface area contributed by atoms with E-state index in [1.54, 1.807) is 7.05 Å². The first-order chi connectivity index (χ1) is 11.5. The van der Waals surface area contributed by atoms with Crippen molar-refractivity contribution in [2.24, 2.45) is 11.8 Å². The molecule has 0 aromatic rings. The fraction of sp³-hybridized carbons (Fsp3) is 0.765. The molecule has 3 N–H and O–H groups in total. The van der Waals surface area contributed by atoms with Crippen molar-refractivity contribution in [3.8, 4) is 12.1 Å². The lowest BCUT2D eigenvalue weighted by Gasteiger charge is -2.40. The van der Waals surface area contributed by atoms with Gasteiger partial charge in [-0.25, -0.2) is 10.9 Å². The molecule has 0 bridgehead atoms. The highest BCUT2D eigenvalue weighted by Gasteiger charge is 2.41. The van der Waals surface area contributed by atoms with Crippen LogP contribution in [-0.2, 0) is 9.59 Å². The summed E-state index contributed by atoms with van der Waals surface area (Å²) in [5.74, 6) is 0.00242. The van der Waals surface area contributed by atoms with Crippen molar-refractivity contribution in [1.82, 2.24) is 16.2 Å². The summed E-state index contributed by atoms with van der Waals surface area (Å²) in [6.45, 7) is 0. The molecule has 2 aliphatic carbocycles. The van der Waals surface area contributed by atoms with Gasteiger partial charge in [-0.05, 0) is 51.4 Å². The maximum Gasteiger partial charge on any atom is 0.222 e. The van der Waals surface area contributed by atoms with E-state index in [0.717, 1.165) is 6.29 Å². The van der Waals surface area contributed by atoms with Gasteiger partial charge in [0.15, 0.2) is 0 Å². The minimum absolute atomic E-state index is 0.0233. The molecule has 2 rings (SSSR count). The van der Waals surface area contributed by atoms with E-state index < -0.39 is 11.1 Å². The summed E-state index contributed by atoms with van der Waals surface area (Å²) < 4.78 is 0. The molecule has 0 aromatic carbocycles. The third kappa shape index (κ3) is 3.92. The van der Waals surface area contributed by atoms with Crippen molar-refractivity contribution in [3.05, 3.63) is 0 Å². The zero-order valence-corrected chi connectivity index (χ0v) is 14.1. The number of amides is 1. The van der Waals surface area contributed by atoms with Crippen molar-refractivity contribution in [2.45, 2.75) is 62.4 Å². The summed E-state index contributed by atoms with van der Waals surface area (Å²) in [5.41, 5.74) is 4.71. The molecule has 2 fully saturated rings. The Morgan fingerprint density at radius 2 is 1.46 bits per heavy atom. The van der Waals surface area contributed by atoms with Gasteiger partial charge in [-0.3, -0.25) is 4.79 Å². The standard InChI is InChI=1S/C17H25N5O2/c1-20-15(24)14-4-8-17(12-19,9-5-14)22-21-16(11-18)6-2-13(10-23)3-7-16/h10,13-14,21-22H,2-9H2,1H3,(H,20,24). The predicted molar refractivity (Wildman–Crippen MR) is 87.0 cm³/mol. The first kappa shape index (κ1) is 18.4. The molecule has 0 heterocycles. The Bertz CT molecular complexity index is 546. The smallest absolute Gasteiger partial charge is 0.222 e. The van der Waals surface area contributed by atoms with Crippen LogP contribution in [0.15, 0.2) is 0 Å². The predicted octanol–water partition coefficient (Wildman–Crippen LogP) is 0.931. The van der Waals surface area contributed by atoms with Crippen molar-refractivity contribution >= 4 is 12.2 Å². The van der Waals surface area contributed by atoms with Crippen LogP contribution in [0.4, 0.5) is 0 Å². The molecular weight excluding hydrogens is 306 g/mol. The number of hydrogen-bond donors (Lipinski definition) is 3. The van der Waals surface area contributed by atoms with E-state index in [9.17, 15) is 20.1 Å². The monoisotopic (exact) mass is 331 g/mol. The molecule has 0 atom stereocenters. The fourth-order valence-corrected chi connectivity index (χ4v) is 3.61. The zero-order chi connectivity index (χ0) is 17.6. The van der Waals surface area contributed by atoms with Gasteiger partial charge in [-0.15, -0.1) is 0 Å². The maximum atomic E-state index is 11.7. The number of nitrogens with one attached hydrogen (secondary N) is 3. The van der Waals surface area contributed by atoms with Gasteiger partial charge >= 0.3 is 0 Å². The van der Waals surface area contributed by atoms with Crippen LogP contribution in [-0.4, -0.2) is 30.3 Å². The van der Waals surface area contributed by atoms with E-state index in [1.807, 2.05) is 0 Å². The molecule has 0 aliphatic heterocycles. The molecule has 2 aliphatic rings. The molecule has 0 radical (unpaired) electrons. The Hall–Kier alpha value is -1.96. The summed E-state index contributed by atoms with van der Waals surface area (Å²) in [4.78, 5) is 22.6.